The van der Waals surface area contributed by atoms with Crippen LogP contribution in [0.15, 0.2) is 27.6 Å². The van der Waals surface area contributed by atoms with Crippen LogP contribution in [-0.2, 0) is 0 Å². The summed E-state index contributed by atoms with van der Waals surface area (Å²) in [6, 6.07) is 3.83. The molecular formula is C10H7BrClF3OS. The highest BCUT2D eigenvalue weighted by Crippen LogP contribution is 2.38. The van der Waals surface area contributed by atoms with E-state index in [1.165, 1.54) is 25.1 Å². The highest BCUT2D eigenvalue weighted by molar-refractivity contribution is 9.10. The molecule has 0 N–H and O–H groups in total. The lowest BCUT2D eigenvalue weighted by Gasteiger charge is -2.09. The fourth-order valence-corrected chi connectivity index (χ4v) is 2.53. The first kappa shape index (κ1) is 14.9. The highest BCUT2D eigenvalue weighted by Gasteiger charge is 2.29. The maximum atomic E-state index is 12.1. The number of ketones is 1. The molecule has 1 nitrogen and oxygen atoms in total. The smallest absolute Gasteiger partial charge is 0.292 e. The Morgan fingerprint density at radius 3 is 2.47 bits per heavy atom. The number of thioether (sulfide) groups is 1. The van der Waals surface area contributed by atoms with Crippen LogP contribution in [0.3, 0.4) is 0 Å². The molecule has 7 heteroatoms. The second-order valence-electron chi connectivity index (χ2n) is 3.17. The molecular weight excluding hydrogens is 341 g/mol. The Kier molecular flexibility index (Phi) is 4.92. The average Bonchev–Trinajstić information content (AvgIpc) is 2.14. The van der Waals surface area contributed by atoms with Crippen LogP contribution in [0.2, 0.25) is 0 Å². The minimum absolute atomic E-state index is 0.0168. The monoisotopic (exact) mass is 346 g/mol. The van der Waals surface area contributed by atoms with Gasteiger partial charge >= 0.3 is 5.51 Å². The summed E-state index contributed by atoms with van der Waals surface area (Å²) in [5.41, 5.74) is -4.07. The van der Waals surface area contributed by atoms with E-state index >= 15 is 0 Å². The summed E-state index contributed by atoms with van der Waals surface area (Å²) in [7, 11) is 0. The highest BCUT2D eigenvalue weighted by atomic mass is 79.9. The largest absolute Gasteiger partial charge is 0.446 e. The van der Waals surface area contributed by atoms with Gasteiger partial charge in [-0.1, -0.05) is 15.9 Å². The zero-order valence-corrected chi connectivity index (χ0v) is 11.7. The molecule has 0 aliphatic carbocycles. The third kappa shape index (κ3) is 4.52. The number of benzene rings is 1. The van der Waals surface area contributed by atoms with Crippen LogP contribution in [0.1, 0.15) is 17.3 Å². The van der Waals surface area contributed by atoms with Gasteiger partial charge in [-0.3, -0.25) is 4.79 Å². The average molecular weight is 348 g/mol. The molecule has 0 amide bonds. The third-order valence-electron chi connectivity index (χ3n) is 1.80. The number of alkyl halides is 4. The van der Waals surface area contributed by atoms with Gasteiger partial charge in [-0.2, -0.15) is 13.2 Å². The summed E-state index contributed by atoms with van der Waals surface area (Å²) in [5, 5.41) is -0.715. The number of halogens is 5. The van der Waals surface area contributed by atoms with Crippen molar-refractivity contribution in [2.45, 2.75) is 22.7 Å². The second kappa shape index (κ2) is 5.63. The Morgan fingerprint density at radius 2 is 2.06 bits per heavy atom. The van der Waals surface area contributed by atoms with E-state index in [2.05, 4.69) is 15.9 Å². The molecule has 0 bridgehead atoms. The van der Waals surface area contributed by atoms with Crippen molar-refractivity contribution < 1.29 is 18.0 Å². The summed E-state index contributed by atoms with van der Waals surface area (Å²) in [5.74, 6) is -0.331. The van der Waals surface area contributed by atoms with Crippen molar-refractivity contribution in [3.63, 3.8) is 0 Å². The molecule has 94 valence electrons. The van der Waals surface area contributed by atoms with Gasteiger partial charge < -0.3 is 0 Å². The zero-order chi connectivity index (χ0) is 13.2. The van der Waals surface area contributed by atoms with Crippen LogP contribution in [0, 0.1) is 0 Å². The number of carbonyl (C=O) groups is 1. The minimum atomic E-state index is -4.34. The SMILES string of the molecule is CC(Cl)C(=O)c1ccc(SC(F)(F)F)cc1Br. The van der Waals surface area contributed by atoms with Crippen LogP contribution in [0.25, 0.3) is 0 Å². The van der Waals surface area contributed by atoms with Crippen molar-refractivity contribution >= 4 is 45.1 Å². The Morgan fingerprint density at radius 1 is 1.47 bits per heavy atom. The summed E-state index contributed by atoms with van der Waals surface area (Å²) in [4.78, 5) is 11.6. The number of hydrogen-bond donors (Lipinski definition) is 0. The molecule has 0 heterocycles. The number of carbonyl (C=O) groups excluding carboxylic acids is 1. The molecule has 0 radical (unpaired) electrons. The lowest BCUT2D eigenvalue weighted by Crippen LogP contribution is -2.11. The van der Waals surface area contributed by atoms with Crippen molar-refractivity contribution in [2.24, 2.45) is 0 Å². The molecule has 1 atom stereocenters. The van der Waals surface area contributed by atoms with E-state index in [0.717, 1.165) is 0 Å². The van der Waals surface area contributed by atoms with E-state index < -0.39 is 10.9 Å². The first-order valence-electron chi connectivity index (χ1n) is 4.44. The molecule has 0 aliphatic heterocycles. The Bertz CT molecular complexity index is 434. The van der Waals surface area contributed by atoms with Gasteiger partial charge in [-0.05, 0) is 36.9 Å². The summed E-state index contributed by atoms with van der Waals surface area (Å²) < 4.78 is 36.7. The molecule has 17 heavy (non-hydrogen) atoms. The fourth-order valence-electron chi connectivity index (χ4n) is 1.11. The Balaban J connectivity index is 2.98. The van der Waals surface area contributed by atoms with E-state index in [-0.39, 0.29) is 28.0 Å². The molecule has 1 aromatic rings. The third-order valence-corrected chi connectivity index (χ3v) is 3.38. The fraction of sp³-hybridized carbons (Fsp3) is 0.300. The minimum Gasteiger partial charge on any atom is -0.292 e. The topological polar surface area (TPSA) is 17.1 Å². The number of hydrogen-bond acceptors (Lipinski definition) is 2. The lowest BCUT2D eigenvalue weighted by atomic mass is 10.1. The van der Waals surface area contributed by atoms with E-state index in [1.54, 1.807) is 0 Å². The molecule has 0 spiro atoms. The molecule has 0 saturated carbocycles. The lowest BCUT2D eigenvalue weighted by molar-refractivity contribution is -0.0328. The summed E-state index contributed by atoms with van der Waals surface area (Å²) in [6.07, 6.45) is 0. The Hall–Kier alpha value is -0.200. The van der Waals surface area contributed by atoms with Crippen molar-refractivity contribution in [1.82, 2.24) is 0 Å². The van der Waals surface area contributed by atoms with Crippen LogP contribution in [-0.4, -0.2) is 16.7 Å². The maximum Gasteiger partial charge on any atom is 0.446 e. The van der Waals surface area contributed by atoms with E-state index in [0.29, 0.717) is 4.47 Å². The molecule has 0 fully saturated rings. The molecule has 0 aromatic heterocycles. The van der Waals surface area contributed by atoms with Gasteiger partial charge in [0.1, 0.15) is 0 Å². The maximum absolute atomic E-state index is 12.1. The van der Waals surface area contributed by atoms with Crippen LogP contribution < -0.4 is 0 Å². The van der Waals surface area contributed by atoms with Crippen molar-refractivity contribution in [1.29, 1.82) is 0 Å². The van der Waals surface area contributed by atoms with Crippen LogP contribution in [0.4, 0.5) is 13.2 Å². The van der Waals surface area contributed by atoms with Gasteiger partial charge in [0.05, 0.1) is 5.38 Å². The summed E-state index contributed by atoms with van der Waals surface area (Å²) in [6.45, 7) is 1.51. The van der Waals surface area contributed by atoms with E-state index in [4.69, 9.17) is 11.6 Å². The standard InChI is InChI=1S/C10H7BrClF3OS/c1-5(12)9(16)7-3-2-6(4-8(7)11)17-10(13,14)15/h2-5H,1H3. The van der Waals surface area contributed by atoms with Crippen LogP contribution in [0.5, 0.6) is 0 Å². The van der Waals surface area contributed by atoms with Gasteiger partial charge in [0.15, 0.2) is 5.78 Å². The van der Waals surface area contributed by atoms with Crippen LogP contribution >= 0.6 is 39.3 Å². The Labute approximate surface area is 114 Å². The van der Waals surface area contributed by atoms with E-state index in [9.17, 15) is 18.0 Å². The first-order valence-corrected chi connectivity index (χ1v) is 6.49. The molecule has 0 saturated heterocycles. The molecule has 1 rings (SSSR count). The van der Waals surface area contributed by atoms with Gasteiger partial charge in [0.2, 0.25) is 0 Å². The van der Waals surface area contributed by atoms with Gasteiger partial charge in [0, 0.05) is 14.9 Å². The van der Waals surface area contributed by atoms with Crippen molar-refractivity contribution in [2.75, 3.05) is 0 Å². The van der Waals surface area contributed by atoms with Crippen molar-refractivity contribution in [3.05, 3.63) is 28.2 Å². The predicted molar refractivity (Wildman–Crippen MR) is 65.7 cm³/mol. The predicted octanol–water partition coefficient (Wildman–Crippen LogP) is 4.87. The van der Waals surface area contributed by atoms with Crippen molar-refractivity contribution in [3.8, 4) is 0 Å². The molecule has 1 aromatic carbocycles. The second-order valence-corrected chi connectivity index (χ2v) is 5.82. The normalized spacial score (nSPS) is 13.5. The molecule has 1 unspecified atom stereocenters. The van der Waals surface area contributed by atoms with Gasteiger partial charge in [-0.25, -0.2) is 0 Å². The molecule has 0 aliphatic rings. The number of rotatable bonds is 3. The first-order chi connectivity index (χ1) is 7.70. The number of Topliss-reactive ketones (excluding diaryl/α,β-unsaturated/α-hetero) is 1. The van der Waals surface area contributed by atoms with E-state index in [1.807, 2.05) is 0 Å². The van der Waals surface area contributed by atoms with Gasteiger partial charge in [-0.15, -0.1) is 11.6 Å². The zero-order valence-electron chi connectivity index (χ0n) is 8.52. The van der Waals surface area contributed by atoms with Gasteiger partial charge in [0.25, 0.3) is 0 Å². The quantitative estimate of drug-likeness (QED) is 0.441. The summed E-state index contributed by atoms with van der Waals surface area (Å²) >= 11 is 8.46.